The van der Waals surface area contributed by atoms with Gasteiger partial charge in [0.05, 0.1) is 16.9 Å². The zero-order valence-corrected chi connectivity index (χ0v) is 10.8. The molecule has 3 nitrogen and oxygen atoms in total. The minimum absolute atomic E-state index is 0.341. The number of nitrogen functional groups attached to an aromatic ring is 1. The molecule has 0 bridgehead atoms. The van der Waals surface area contributed by atoms with Crippen molar-refractivity contribution in [1.29, 1.82) is 5.26 Å². The minimum Gasteiger partial charge on any atom is -0.398 e. The van der Waals surface area contributed by atoms with Gasteiger partial charge >= 0.3 is 0 Å². The Kier molecular flexibility index (Phi) is 3.49. The predicted molar refractivity (Wildman–Crippen MR) is 73.0 cm³/mol. The van der Waals surface area contributed by atoms with E-state index in [1.54, 1.807) is 30.3 Å². The zero-order chi connectivity index (χ0) is 13.1. The second kappa shape index (κ2) is 5.07. The van der Waals surface area contributed by atoms with E-state index in [0.717, 1.165) is 4.47 Å². The topological polar surface area (TPSA) is 61.8 Å². The summed E-state index contributed by atoms with van der Waals surface area (Å²) in [7, 11) is 0. The molecule has 0 amide bonds. The van der Waals surface area contributed by atoms with Crippen LogP contribution in [0.25, 0.3) is 0 Å². The summed E-state index contributed by atoms with van der Waals surface area (Å²) in [6.07, 6.45) is 0. The van der Waals surface area contributed by atoms with E-state index in [4.69, 9.17) is 11.0 Å². The number of hydrogen-bond donors (Lipinski definition) is 2. The van der Waals surface area contributed by atoms with Crippen molar-refractivity contribution in [1.82, 2.24) is 0 Å². The molecule has 0 spiro atoms. The largest absolute Gasteiger partial charge is 0.398 e. The van der Waals surface area contributed by atoms with Gasteiger partial charge in [-0.2, -0.15) is 5.26 Å². The van der Waals surface area contributed by atoms with Crippen molar-refractivity contribution in [2.75, 3.05) is 11.1 Å². The Morgan fingerprint density at radius 3 is 2.67 bits per heavy atom. The van der Waals surface area contributed by atoms with E-state index in [0.29, 0.717) is 22.6 Å². The first-order valence-corrected chi connectivity index (χ1v) is 5.91. The number of benzene rings is 2. The molecule has 0 unspecified atom stereocenters. The number of nitrogens with zero attached hydrogens (tertiary/aromatic N) is 1. The Morgan fingerprint density at radius 2 is 2.00 bits per heavy atom. The number of nitriles is 1. The van der Waals surface area contributed by atoms with Crippen molar-refractivity contribution < 1.29 is 4.39 Å². The van der Waals surface area contributed by atoms with Gasteiger partial charge in [-0.05, 0) is 36.4 Å². The molecule has 2 rings (SSSR count). The number of anilines is 3. The van der Waals surface area contributed by atoms with Gasteiger partial charge in [-0.3, -0.25) is 0 Å². The number of rotatable bonds is 2. The van der Waals surface area contributed by atoms with Crippen molar-refractivity contribution >= 4 is 33.0 Å². The molecule has 0 heterocycles. The molecule has 0 aliphatic heterocycles. The minimum atomic E-state index is -0.360. The number of hydrogen-bond acceptors (Lipinski definition) is 3. The van der Waals surface area contributed by atoms with Crippen molar-refractivity contribution in [2.24, 2.45) is 0 Å². The highest BCUT2D eigenvalue weighted by atomic mass is 79.9. The van der Waals surface area contributed by atoms with Crippen LogP contribution in [-0.2, 0) is 0 Å². The summed E-state index contributed by atoms with van der Waals surface area (Å²) in [6, 6.07) is 11.4. The first-order chi connectivity index (χ1) is 8.60. The van der Waals surface area contributed by atoms with E-state index in [2.05, 4.69) is 21.2 Å². The van der Waals surface area contributed by atoms with E-state index in [-0.39, 0.29) is 5.82 Å². The molecule has 3 N–H and O–H groups in total. The molecule has 0 aliphatic rings. The molecular formula is C13H9BrFN3. The summed E-state index contributed by atoms with van der Waals surface area (Å²) in [5.41, 5.74) is 7.41. The standard InChI is InChI=1S/C13H9BrFN3/c14-9-2-4-11(15)13(5-9)18-10-3-1-8(7-16)12(17)6-10/h1-6,18H,17H2. The molecule has 2 aromatic rings. The van der Waals surface area contributed by atoms with Gasteiger partial charge < -0.3 is 11.1 Å². The van der Waals surface area contributed by atoms with Gasteiger partial charge in [-0.1, -0.05) is 15.9 Å². The van der Waals surface area contributed by atoms with Crippen molar-refractivity contribution in [2.45, 2.75) is 0 Å². The monoisotopic (exact) mass is 305 g/mol. The van der Waals surface area contributed by atoms with Gasteiger partial charge in [-0.15, -0.1) is 0 Å². The van der Waals surface area contributed by atoms with Gasteiger partial charge in [0.15, 0.2) is 0 Å². The number of nitrogens with one attached hydrogen (secondary N) is 1. The molecule has 0 radical (unpaired) electrons. The SMILES string of the molecule is N#Cc1ccc(Nc2cc(Br)ccc2F)cc1N. The van der Waals surface area contributed by atoms with Crippen molar-refractivity contribution in [3.8, 4) is 6.07 Å². The highest BCUT2D eigenvalue weighted by molar-refractivity contribution is 9.10. The summed E-state index contributed by atoms with van der Waals surface area (Å²) in [4.78, 5) is 0. The Balaban J connectivity index is 2.32. The molecule has 0 fully saturated rings. The molecule has 90 valence electrons. The van der Waals surface area contributed by atoms with Crippen LogP contribution in [0.3, 0.4) is 0 Å². The number of halogens is 2. The fourth-order valence-corrected chi connectivity index (χ4v) is 1.85. The highest BCUT2D eigenvalue weighted by Crippen LogP contribution is 2.25. The molecule has 0 saturated heterocycles. The summed E-state index contributed by atoms with van der Waals surface area (Å²) < 4.78 is 14.3. The van der Waals surface area contributed by atoms with E-state index in [1.165, 1.54) is 6.07 Å². The average Bonchev–Trinajstić information content (AvgIpc) is 2.34. The van der Waals surface area contributed by atoms with Gasteiger partial charge in [0.25, 0.3) is 0 Å². The van der Waals surface area contributed by atoms with Crippen LogP contribution in [0.15, 0.2) is 40.9 Å². The van der Waals surface area contributed by atoms with E-state index in [1.807, 2.05) is 6.07 Å². The third-order valence-electron chi connectivity index (χ3n) is 2.38. The average molecular weight is 306 g/mol. The third-order valence-corrected chi connectivity index (χ3v) is 2.87. The van der Waals surface area contributed by atoms with Gasteiger partial charge in [-0.25, -0.2) is 4.39 Å². The second-order valence-electron chi connectivity index (χ2n) is 3.66. The Bertz CT molecular complexity index is 635. The fraction of sp³-hybridized carbons (Fsp3) is 0. The summed E-state index contributed by atoms with van der Waals surface area (Å²) in [6.45, 7) is 0. The van der Waals surface area contributed by atoms with Crippen LogP contribution in [0.5, 0.6) is 0 Å². The fourth-order valence-electron chi connectivity index (χ4n) is 1.49. The summed E-state index contributed by atoms with van der Waals surface area (Å²) in [5, 5.41) is 11.7. The van der Waals surface area contributed by atoms with E-state index < -0.39 is 0 Å². The van der Waals surface area contributed by atoms with Crippen molar-refractivity contribution in [3.63, 3.8) is 0 Å². The molecule has 0 aliphatic carbocycles. The van der Waals surface area contributed by atoms with Gasteiger partial charge in [0, 0.05) is 10.2 Å². The van der Waals surface area contributed by atoms with E-state index in [9.17, 15) is 4.39 Å². The van der Waals surface area contributed by atoms with Crippen LogP contribution in [0.2, 0.25) is 0 Å². The zero-order valence-electron chi connectivity index (χ0n) is 9.24. The number of nitrogens with two attached hydrogens (primary N) is 1. The molecular weight excluding hydrogens is 297 g/mol. The van der Waals surface area contributed by atoms with Crippen LogP contribution >= 0.6 is 15.9 Å². The van der Waals surface area contributed by atoms with E-state index >= 15 is 0 Å². The third kappa shape index (κ3) is 2.60. The smallest absolute Gasteiger partial charge is 0.146 e. The summed E-state index contributed by atoms with van der Waals surface area (Å²) in [5.74, 6) is -0.360. The summed E-state index contributed by atoms with van der Waals surface area (Å²) >= 11 is 3.27. The highest BCUT2D eigenvalue weighted by Gasteiger charge is 2.05. The van der Waals surface area contributed by atoms with Crippen LogP contribution in [0.4, 0.5) is 21.5 Å². The first kappa shape index (κ1) is 12.4. The molecule has 0 saturated carbocycles. The lowest BCUT2D eigenvalue weighted by Crippen LogP contribution is -1.96. The molecule has 5 heteroatoms. The molecule has 0 aromatic heterocycles. The van der Waals surface area contributed by atoms with Crippen LogP contribution < -0.4 is 11.1 Å². The van der Waals surface area contributed by atoms with Crippen LogP contribution in [0.1, 0.15) is 5.56 Å². The molecule has 2 aromatic carbocycles. The van der Waals surface area contributed by atoms with Gasteiger partial charge in [0.1, 0.15) is 11.9 Å². The lowest BCUT2D eigenvalue weighted by molar-refractivity contribution is 0.631. The lowest BCUT2D eigenvalue weighted by atomic mass is 10.1. The second-order valence-corrected chi connectivity index (χ2v) is 4.58. The first-order valence-electron chi connectivity index (χ1n) is 5.12. The maximum absolute atomic E-state index is 13.5. The maximum atomic E-state index is 13.5. The Hall–Kier alpha value is -2.06. The normalized spacial score (nSPS) is 9.83. The van der Waals surface area contributed by atoms with Crippen molar-refractivity contribution in [3.05, 3.63) is 52.3 Å². The van der Waals surface area contributed by atoms with Gasteiger partial charge in [0.2, 0.25) is 0 Å². The molecule has 0 atom stereocenters. The lowest BCUT2D eigenvalue weighted by Gasteiger charge is -2.09. The predicted octanol–water partition coefficient (Wildman–Crippen LogP) is 3.79. The molecule has 18 heavy (non-hydrogen) atoms. The quantitative estimate of drug-likeness (QED) is 0.830. The maximum Gasteiger partial charge on any atom is 0.146 e. The Morgan fingerprint density at radius 1 is 1.22 bits per heavy atom. The van der Waals surface area contributed by atoms with Crippen LogP contribution in [-0.4, -0.2) is 0 Å². The van der Waals surface area contributed by atoms with Crippen LogP contribution in [0, 0.1) is 17.1 Å². The Labute approximate surface area is 112 Å².